The lowest BCUT2D eigenvalue weighted by Gasteiger charge is -2.17. The van der Waals surface area contributed by atoms with E-state index >= 15 is 0 Å². The topological polar surface area (TPSA) is 9.23 Å². The molecule has 0 N–H and O–H groups in total. The monoisotopic (exact) mass is 414 g/mol. The van der Waals surface area contributed by atoms with Crippen molar-refractivity contribution in [3.05, 3.63) is 62.1 Å². The Kier molecular flexibility index (Phi) is 4.11. The maximum Gasteiger partial charge on any atom is 0.127 e. The molecular weight excluding hydrogens is 403 g/mol. The first kappa shape index (κ1) is 14.4. The van der Waals surface area contributed by atoms with Crippen LogP contribution in [0, 0.1) is 6.92 Å². The van der Waals surface area contributed by atoms with Gasteiger partial charge in [-0.3, -0.25) is 0 Å². The highest BCUT2D eigenvalue weighted by atomic mass is 79.9. The summed E-state index contributed by atoms with van der Waals surface area (Å²) < 4.78 is 6.91. The molecule has 3 rings (SSSR count). The highest BCUT2D eigenvalue weighted by Gasteiger charge is 2.24. The van der Waals surface area contributed by atoms with Crippen molar-refractivity contribution in [3.8, 4) is 5.75 Å². The molecule has 1 atom stereocenters. The van der Waals surface area contributed by atoms with Crippen molar-refractivity contribution in [2.45, 2.75) is 18.2 Å². The molecule has 0 saturated heterocycles. The zero-order valence-corrected chi connectivity index (χ0v) is 14.8. The van der Waals surface area contributed by atoms with Crippen molar-refractivity contribution in [1.29, 1.82) is 0 Å². The number of alkyl halides is 1. The standard InChI is InChI=1S/C16H13Br2ClO/c1-9-3-2-4-12(14(9)17)15(18)13-8-11(19)7-10-5-6-20-16(10)13/h2-4,7-8,15H,5-6H2,1H3. The molecule has 1 aliphatic rings. The lowest BCUT2D eigenvalue weighted by atomic mass is 10.00. The van der Waals surface area contributed by atoms with Gasteiger partial charge in [0.05, 0.1) is 11.4 Å². The molecule has 1 nitrogen and oxygen atoms in total. The van der Waals surface area contributed by atoms with Crippen LogP contribution in [0.2, 0.25) is 5.02 Å². The van der Waals surface area contributed by atoms with Crippen molar-refractivity contribution >= 4 is 43.5 Å². The zero-order chi connectivity index (χ0) is 14.3. The average Bonchev–Trinajstić information content (AvgIpc) is 2.88. The van der Waals surface area contributed by atoms with E-state index in [-0.39, 0.29) is 4.83 Å². The number of benzene rings is 2. The minimum Gasteiger partial charge on any atom is -0.493 e. The molecule has 2 aromatic rings. The van der Waals surface area contributed by atoms with Crippen molar-refractivity contribution in [3.63, 3.8) is 0 Å². The minimum absolute atomic E-state index is 0.0577. The van der Waals surface area contributed by atoms with Gasteiger partial charge in [0, 0.05) is 21.5 Å². The number of fused-ring (bicyclic) bond motifs is 1. The van der Waals surface area contributed by atoms with Crippen LogP contribution in [-0.2, 0) is 6.42 Å². The van der Waals surface area contributed by atoms with Crippen molar-refractivity contribution in [2.75, 3.05) is 6.61 Å². The van der Waals surface area contributed by atoms with Crippen LogP contribution in [0.15, 0.2) is 34.8 Å². The molecule has 1 heterocycles. The smallest absolute Gasteiger partial charge is 0.127 e. The predicted octanol–water partition coefficient (Wildman–Crippen LogP) is 5.83. The minimum atomic E-state index is 0.0577. The fourth-order valence-corrected chi connectivity index (χ4v) is 4.29. The molecule has 2 aromatic carbocycles. The third-order valence-electron chi connectivity index (χ3n) is 3.54. The first-order chi connectivity index (χ1) is 9.58. The van der Waals surface area contributed by atoms with E-state index < -0.39 is 0 Å². The van der Waals surface area contributed by atoms with Crippen LogP contribution in [0.3, 0.4) is 0 Å². The Bertz CT molecular complexity index is 670. The SMILES string of the molecule is Cc1cccc(C(Br)c2cc(Cl)cc3c2OCC3)c1Br. The van der Waals surface area contributed by atoms with E-state index in [4.69, 9.17) is 16.3 Å². The summed E-state index contributed by atoms with van der Waals surface area (Å²) in [4.78, 5) is 0.0577. The second-order valence-electron chi connectivity index (χ2n) is 4.92. The Morgan fingerprint density at radius 1 is 1.25 bits per heavy atom. The second-order valence-corrected chi connectivity index (χ2v) is 7.07. The third kappa shape index (κ3) is 2.51. The Morgan fingerprint density at radius 3 is 2.85 bits per heavy atom. The molecule has 1 unspecified atom stereocenters. The summed E-state index contributed by atoms with van der Waals surface area (Å²) in [6, 6.07) is 10.2. The quantitative estimate of drug-likeness (QED) is 0.560. The van der Waals surface area contributed by atoms with Gasteiger partial charge in [0.1, 0.15) is 5.75 Å². The highest BCUT2D eigenvalue weighted by Crippen LogP contribution is 2.44. The van der Waals surface area contributed by atoms with Crippen molar-refractivity contribution in [2.24, 2.45) is 0 Å². The van der Waals surface area contributed by atoms with Gasteiger partial charge in [-0.05, 0) is 35.7 Å². The van der Waals surface area contributed by atoms with Gasteiger partial charge in [0.2, 0.25) is 0 Å². The summed E-state index contributed by atoms with van der Waals surface area (Å²) in [5.41, 5.74) is 4.69. The van der Waals surface area contributed by atoms with Gasteiger partial charge in [-0.1, -0.05) is 61.7 Å². The van der Waals surface area contributed by atoms with E-state index in [1.165, 1.54) is 16.7 Å². The number of rotatable bonds is 2. The maximum absolute atomic E-state index is 6.24. The van der Waals surface area contributed by atoms with E-state index in [0.29, 0.717) is 0 Å². The molecule has 4 heteroatoms. The first-order valence-corrected chi connectivity index (χ1v) is 8.51. The molecule has 0 bridgehead atoms. The van der Waals surface area contributed by atoms with Gasteiger partial charge in [-0.15, -0.1) is 0 Å². The lowest BCUT2D eigenvalue weighted by Crippen LogP contribution is -1.99. The van der Waals surface area contributed by atoms with Crippen LogP contribution in [0.25, 0.3) is 0 Å². The Morgan fingerprint density at radius 2 is 2.05 bits per heavy atom. The molecular formula is C16H13Br2ClO. The van der Waals surface area contributed by atoms with Crippen LogP contribution < -0.4 is 4.74 Å². The maximum atomic E-state index is 6.24. The lowest BCUT2D eigenvalue weighted by molar-refractivity contribution is 0.354. The van der Waals surface area contributed by atoms with Crippen LogP contribution in [-0.4, -0.2) is 6.61 Å². The number of hydrogen-bond acceptors (Lipinski definition) is 1. The summed E-state index contributed by atoms with van der Waals surface area (Å²) in [6.45, 7) is 2.82. The summed E-state index contributed by atoms with van der Waals surface area (Å²) in [5.74, 6) is 0.977. The van der Waals surface area contributed by atoms with Gasteiger partial charge >= 0.3 is 0 Å². The van der Waals surface area contributed by atoms with Gasteiger partial charge in [-0.2, -0.15) is 0 Å². The van der Waals surface area contributed by atoms with Gasteiger partial charge < -0.3 is 4.74 Å². The fraction of sp³-hybridized carbons (Fsp3) is 0.250. The highest BCUT2D eigenvalue weighted by molar-refractivity contribution is 9.11. The molecule has 0 spiro atoms. The average molecular weight is 417 g/mol. The summed E-state index contributed by atoms with van der Waals surface area (Å²) in [7, 11) is 0. The number of ether oxygens (including phenoxy) is 1. The zero-order valence-electron chi connectivity index (χ0n) is 10.9. The number of aryl methyl sites for hydroxylation is 1. The summed E-state index contributed by atoms with van der Waals surface area (Å²) in [5, 5.41) is 0.762. The molecule has 0 saturated carbocycles. The largest absolute Gasteiger partial charge is 0.493 e. The first-order valence-electron chi connectivity index (χ1n) is 6.42. The molecule has 0 radical (unpaired) electrons. The fourth-order valence-electron chi connectivity index (χ4n) is 2.52. The van der Waals surface area contributed by atoms with Gasteiger partial charge in [0.25, 0.3) is 0 Å². The van der Waals surface area contributed by atoms with Crippen LogP contribution in [0.5, 0.6) is 5.75 Å². The Labute approximate surface area is 140 Å². The second kappa shape index (κ2) is 5.70. The molecule has 0 aliphatic carbocycles. The number of halogens is 3. The number of hydrogen-bond donors (Lipinski definition) is 0. The summed E-state index contributed by atoms with van der Waals surface area (Å²) >= 11 is 13.7. The van der Waals surface area contributed by atoms with Crippen LogP contribution >= 0.6 is 43.5 Å². The van der Waals surface area contributed by atoms with Gasteiger partial charge in [0.15, 0.2) is 0 Å². The van der Waals surface area contributed by atoms with Crippen LogP contribution in [0.4, 0.5) is 0 Å². The van der Waals surface area contributed by atoms with E-state index in [2.05, 4.69) is 57.0 Å². The molecule has 0 aromatic heterocycles. The van der Waals surface area contributed by atoms with E-state index in [0.717, 1.165) is 33.8 Å². The molecule has 104 valence electrons. The van der Waals surface area contributed by atoms with Crippen LogP contribution in [0.1, 0.15) is 27.1 Å². The summed E-state index contributed by atoms with van der Waals surface area (Å²) in [6.07, 6.45) is 0.928. The molecule has 0 fully saturated rings. The Hall–Kier alpha value is -0.510. The molecule has 1 aliphatic heterocycles. The van der Waals surface area contributed by atoms with E-state index in [9.17, 15) is 0 Å². The van der Waals surface area contributed by atoms with Crippen molar-refractivity contribution in [1.82, 2.24) is 0 Å². The Balaban J connectivity index is 2.11. The van der Waals surface area contributed by atoms with Gasteiger partial charge in [-0.25, -0.2) is 0 Å². The molecule has 0 amide bonds. The third-order valence-corrected chi connectivity index (χ3v) is 5.83. The normalized spacial score (nSPS) is 14.8. The molecule has 20 heavy (non-hydrogen) atoms. The van der Waals surface area contributed by atoms with E-state index in [1.54, 1.807) is 0 Å². The predicted molar refractivity (Wildman–Crippen MR) is 90.3 cm³/mol. The van der Waals surface area contributed by atoms with E-state index in [1.807, 2.05) is 12.1 Å². The van der Waals surface area contributed by atoms with Crippen molar-refractivity contribution < 1.29 is 4.74 Å².